The minimum Gasteiger partial charge on any atom is -0.375 e. The van der Waals surface area contributed by atoms with Gasteiger partial charge in [-0.15, -0.1) is 0 Å². The fraction of sp³-hybridized carbons (Fsp3) is 0.692. The zero-order valence-corrected chi connectivity index (χ0v) is 12.0. The lowest BCUT2D eigenvalue weighted by molar-refractivity contribution is 0.533. The molecule has 0 spiro atoms. The predicted molar refractivity (Wildman–Crippen MR) is 77.6 cm³/mol. The second-order valence-electron chi connectivity index (χ2n) is 5.16. The van der Waals surface area contributed by atoms with E-state index in [9.17, 15) is 4.79 Å². The molecule has 106 valence electrons. The summed E-state index contributed by atoms with van der Waals surface area (Å²) in [4.78, 5) is 12.3. The molecule has 3 N–H and O–H groups in total. The summed E-state index contributed by atoms with van der Waals surface area (Å²) < 4.78 is 1.51. The van der Waals surface area contributed by atoms with E-state index in [2.05, 4.69) is 17.3 Å². The second kappa shape index (κ2) is 6.39. The molecule has 19 heavy (non-hydrogen) atoms. The number of nitrogens with zero attached hydrogens (tertiary/aromatic N) is 2. The molecule has 6 heteroatoms. The van der Waals surface area contributed by atoms with Gasteiger partial charge in [-0.1, -0.05) is 24.9 Å². The molecular formula is C13H21ClN4O. The van der Waals surface area contributed by atoms with Crippen LogP contribution < -0.4 is 16.6 Å². The number of nitrogens with two attached hydrogens (primary N) is 1. The minimum atomic E-state index is -0.144. The number of aromatic nitrogens is 2. The van der Waals surface area contributed by atoms with Gasteiger partial charge < -0.3 is 11.1 Å². The number of hydrogen-bond donors (Lipinski definition) is 2. The Morgan fingerprint density at radius 2 is 2.37 bits per heavy atom. The summed E-state index contributed by atoms with van der Waals surface area (Å²) in [6, 6.07) is 0.0759. The fourth-order valence-corrected chi connectivity index (χ4v) is 2.25. The van der Waals surface area contributed by atoms with Gasteiger partial charge in [-0.2, -0.15) is 5.10 Å². The van der Waals surface area contributed by atoms with Crippen LogP contribution in [0.15, 0.2) is 11.0 Å². The molecule has 1 saturated carbocycles. The quantitative estimate of drug-likeness (QED) is 0.801. The van der Waals surface area contributed by atoms with Crippen molar-refractivity contribution in [3.63, 3.8) is 0 Å². The molecule has 1 heterocycles. The van der Waals surface area contributed by atoms with Crippen molar-refractivity contribution in [1.82, 2.24) is 9.78 Å². The van der Waals surface area contributed by atoms with Gasteiger partial charge in [0.1, 0.15) is 5.69 Å². The van der Waals surface area contributed by atoms with Crippen LogP contribution in [0.25, 0.3) is 0 Å². The zero-order valence-electron chi connectivity index (χ0n) is 11.2. The third-order valence-electron chi connectivity index (χ3n) is 3.40. The van der Waals surface area contributed by atoms with E-state index in [1.165, 1.54) is 23.7 Å². The van der Waals surface area contributed by atoms with E-state index in [0.717, 1.165) is 12.8 Å². The summed E-state index contributed by atoms with van der Waals surface area (Å²) in [5.74, 6) is 0.597. The first-order valence-corrected chi connectivity index (χ1v) is 7.25. The van der Waals surface area contributed by atoms with Crippen LogP contribution in [0.2, 0.25) is 5.02 Å². The van der Waals surface area contributed by atoms with Gasteiger partial charge in [0, 0.05) is 19.1 Å². The van der Waals surface area contributed by atoms with Crippen LogP contribution in [-0.2, 0) is 6.54 Å². The van der Waals surface area contributed by atoms with E-state index in [-0.39, 0.29) is 11.6 Å². The lowest BCUT2D eigenvalue weighted by Crippen LogP contribution is -2.34. The molecule has 1 aromatic rings. The van der Waals surface area contributed by atoms with Crippen LogP contribution >= 0.6 is 11.6 Å². The molecule has 1 aromatic heterocycles. The molecule has 1 aliphatic rings. The smallest absolute Gasteiger partial charge is 0.291 e. The van der Waals surface area contributed by atoms with Gasteiger partial charge in [0.15, 0.2) is 0 Å². The maximum atomic E-state index is 12.3. The Morgan fingerprint density at radius 3 is 2.95 bits per heavy atom. The van der Waals surface area contributed by atoms with E-state index >= 15 is 0 Å². The van der Waals surface area contributed by atoms with Crippen molar-refractivity contribution in [2.45, 2.75) is 45.2 Å². The molecule has 0 bridgehead atoms. The monoisotopic (exact) mass is 284 g/mol. The van der Waals surface area contributed by atoms with E-state index < -0.39 is 0 Å². The highest BCUT2D eigenvalue weighted by atomic mass is 35.5. The average Bonchev–Trinajstić information content (AvgIpc) is 3.20. The Balaban J connectivity index is 2.19. The number of hydrogen-bond acceptors (Lipinski definition) is 4. The molecule has 1 fully saturated rings. The van der Waals surface area contributed by atoms with Crippen molar-refractivity contribution in [3.05, 3.63) is 21.6 Å². The van der Waals surface area contributed by atoms with E-state index in [0.29, 0.717) is 29.7 Å². The summed E-state index contributed by atoms with van der Waals surface area (Å²) in [5, 5.41) is 7.64. The Hall–Kier alpha value is -1.07. The molecule has 1 aliphatic carbocycles. The van der Waals surface area contributed by atoms with Gasteiger partial charge in [0.2, 0.25) is 0 Å². The van der Waals surface area contributed by atoms with Crippen LogP contribution in [0.5, 0.6) is 0 Å². The first-order valence-electron chi connectivity index (χ1n) is 6.88. The highest BCUT2D eigenvalue weighted by Crippen LogP contribution is 2.30. The molecule has 1 atom stereocenters. The molecule has 0 aromatic carbocycles. The van der Waals surface area contributed by atoms with Crippen molar-refractivity contribution in [3.8, 4) is 0 Å². The Morgan fingerprint density at radius 1 is 1.63 bits per heavy atom. The molecule has 2 rings (SSSR count). The van der Waals surface area contributed by atoms with Gasteiger partial charge >= 0.3 is 0 Å². The predicted octanol–water partition coefficient (Wildman–Crippen LogP) is 1.85. The standard InChI is InChI=1S/C13H21ClN4O/c1-2-3-10(6-15)17-12-11(14)7-16-18(13(12)19)8-9-4-5-9/h7,9-10,17H,2-6,8,15H2,1H3. The molecule has 1 unspecified atom stereocenters. The van der Waals surface area contributed by atoms with Crippen LogP contribution in [0.4, 0.5) is 5.69 Å². The summed E-state index contributed by atoms with van der Waals surface area (Å²) in [7, 11) is 0. The molecule has 0 saturated heterocycles. The number of anilines is 1. The maximum absolute atomic E-state index is 12.3. The van der Waals surface area contributed by atoms with Crippen LogP contribution in [-0.4, -0.2) is 22.4 Å². The summed E-state index contributed by atoms with van der Waals surface area (Å²) >= 11 is 6.08. The molecule has 0 aliphatic heterocycles. The summed E-state index contributed by atoms with van der Waals surface area (Å²) in [5.41, 5.74) is 5.99. The molecule has 0 amide bonds. The Bertz CT molecular complexity index is 484. The normalized spacial score (nSPS) is 16.4. The largest absolute Gasteiger partial charge is 0.375 e. The first kappa shape index (κ1) is 14.3. The van der Waals surface area contributed by atoms with Crippen LogP contribution in [0.3, 0.4) is 0 Å². The van der Waals surface area contributed by atoms with Gasteiger partial charge in [0.25, 0.3) is 5.56 Å². The number of nitrogens with one attached hydrogen (secondary N) is 1. The molecular weight excluding hydrogens is 264 g/mol. The maximum Gasteiger partial charge on any atom is 0.291 e. The van der Waals surface area contributed by atoms with Gasteiger partial charge in [0.05, 0.1) is 11.2 Å². The van der Waals surface area contributed by atoms with Crippen molar-refractivity contribution < 1.29 is 0 Å². The summed E-state index contributed by atoms with van der Waals surface area (Å²) in [6.07, 6.45) is 5.82. The van der Waals surface area contributed by atoms with Crippen LogP contribution in [0, 0.1) is 5.92 Å². The van der Waals surface area contributed by atoms with Gasteiger partial charge in [-0.25, -0.2) is 4.68 Å². The fourth-order valence-electron chi connectivity index (χ4n) is 2.08. The second-order valence-corrected chi connectivity index (χ2v) is 5.57. The number of halogens is 1. The molecule has 0 radical (unpaired) electrons. The van der Waals surface area contributed by atoms with Crippen molar-refractivity contribution >= 4 is 17.3 Å². The van der Waals surface area contributed by atoms with E-state index in [1.54, 1.807) is 0 Å². The van der Waals surface area contributed by atoms with Crippen molar-refractivity contribution in [2.24, 2.45) is 11.7 Å². The lowest BCUT2D eigenvalue weighted by Gasteiger charge is -2.18. The third-order valence-corrected chi connectivity index (χ3v) is 3.68. The lowest BCUT2D eigenvalue weighted by atomic mass is 10.1. The topological polar surface area (TPSA) is 72.9 Å². The highest BCUT2D eigenvalue weighted by molar-refractivity contribution is 6.33. The van der Waals surface area contributed by atoms with Gasteiger partial charge in [-0.05, 0) is 25.2 Å². The Kier molecular flexibility index (Phi) is 4.82. The zero-order chi connectivity index (χ0) is 13.8. The highest BCUT2D eigenvalue weighted by Gasteiger charge is 2.24. The average molecular weight is 285 g/mol. The van der Waals surface area contributed by atoms with Crippen molar-refractivity contribution in [2.75, 3.05) is 11.9 Å². The molecule has 5 nitrogen and oxygen atoms in total. The van der Waals surface area contributed by atoms with Crippen molar-refractivity contribution in [1.29, 1.82) is 0 Å². The summed E-state index contributed by atoms with van der Waals surface area (Å²) in [6.45, 7) is 3.25. The minimum absolute atomic E-state index is 0.0759. The Labute approximate surface area is 118 Å². The SMILES string of the molecule is CCCC(CN)Nc1c(Cl)cnn(CC2CC2)c1=O. The van der Waals surface area contributed by atoms with Gasteiger partial charge in [-0.3, -0.25) is 4.79 Å². The van der Waals surface area contributed by atoms with E-state index in [4.69, 9.17) is 17.3 Å². The number of rotatable bonds is 7. The van der Waals surface area contributed by atoms with E-state index in [1.807, 2.05) is 0 Å². The first-order chi connectivity index (χ1) is 9.15. The van der Waals surface area contributed by atoms with Crippen LogP contribution in [0.1, 0.15) is 32.6 Å². The third kappa shape index (κ3) is 3.70.